The largest absolute Gasteiger partial charge is 0.369 e. The van der Waals surface area contributed by atoms with Crippen LogP contribution in [0.25, 0.3) is 0 Å². The van der Waals surface area contributed by atoms with Crippen molar-refractivity contribution in [2.24, 2.45) is 5.73 Å². The van der Waals surface area contributed by atoms with E-state index in [-0.39, 0.29) is 12.5 Å². The van der Waals surface area contributed by atoms with Gasteiger partial charge in [0, 0.05) is 22.6 Å². The van der Waals surface area contributed by atoms with E-state index >= 15 is 0 Å². The van der Waals surface area contributed by atoms with Gasteiger partial charge in [-0.3, -0.25) is 9.69 Å². The molecular formula is C14H19Cl2N3O. The van der Waals surface area contributed by atoms with Crippen molar-refractivity contribution in [1.29, 1.82) is 0 Å². The monoisotopic (exact) mass is 315 g/mol. The van der Waals surface area contributed by atoms with Crippen LogP contribution in [0.3, 0.4) is 0 Å². The lowest BCUT2D eigenvalue weighted by atomic mass is 10.0. The lowest BCUT2D eigenvalue weighted by molar-refractivity contribution is -0.120. The molecule has 1 fully saturated rings. The van der Waals surface area contributed by atoms with Gasteiger partial charge in [0.05, 0.1) is 6.54 Å². The van der Waals surface area contributed by atoms with Gasteiger partial charge >= 0.3 is 0 Å². The molecule has 1 amide bonds. The number of halogens is 2. The Morgan fingerprint density at radius 1 is 1.35 bits per heavy atom. The van der Waals surface area contributed by atoms with E-state index in [1.165, 1.54) is 0 Å². The third kappa shape index (κ3) is 4.35. The first-order valence-electron chi connectivity index (χ1n) is 6.73. The summed E-state index contributed by atoms with van der Waals surface area (Å²) in [6.45, 7) is 2.76. The Balaban J connectivity index is 2.13. The average molecular weight is 316 g/mol. The van der Waals surface area contributed by atoms with Crippen molar-refractivity contribution in [3.8, 4) is 0 Å². The number of nitrogens with one attached hydrogen (secondary N) is 1. The van der Waals surface area contributed by atoms with Crippen molar-refractivity contribution in [3.05, 3.63) is 33.8 Å². The highest BCUT2D eigenvalue weighted by Gasteiger charge is 2.23. The number of nitrogens with zero attached hydrogens (tertiary/aromatic N) is 1. The third-order valence-electron chi connectivity index (χ3n) is 3.57. The van der Waals surface area contributed by atoms with E-state index < -0.39 is 0 Å². The number of carbonyl (C=O) groups is 1. The molecule has 3 N–H and O–H groups in total. The van der Waals surface area contributed by atoms with Crippen LogP contribution in [-0.2, 0) is 11.3 Å². The van der Waals surface area contributed by atoms with E-state index in [4.69, 9.17) is 28.9 Å². The molecule has 0 bridgehead atoms. The van der Waals surface area contributed by atoms with Crippen LogP contribution in [0.1, 0.15) is 18.4 Å². The van der Waals surface area contributed by atoms with Crippen molar-refractivity contribution >= 4 is 29.1 Å². The summed E-state index contributed by atoms with van der Waals surface area (Å²) < 4.78 is 0. The quantitative estimate of drug-likeness (QED) is 0.874. The van der Waals surface area contributed by atoms with Gasteiger partial charge in [-0.15, -0.1) is 0 Å². The van der Waals surface area contributed by atoms with Gasteiger partial charge in [0.2, 0.25) is 5.91 Å². The second-order valence-electron chi connectivity index (χ2n) is 5.09. The number of primary amides is 1. The Morgan fingerprint density at radius 2 is 2.05 bits per heavy atom. The van der Waals surface area contributed by atoms with Gasteiger partial charge in [-0.25, -0.2) is 0 Å². The first kappa shape index (κ1) is 15.6. The van der Waals surface area contributed by atoms with Crippen molar-refractivity contribution < 1.29 is 4.79 Å². The molecule has 0 atom stereocenters. The zero-order valence-corrected chi connectivity index (χ0v) is 12.8. The molecule has 20 heavy (non-hydrogen) atoms. The average Bonchev–Trinajstić information content (AvgIpc) is 2.42. The van der Waals surface area contributed by atoms with Crippen molar-refractivity contribution in [3.63, 3.8) is 0 Å². The molecule has 1 aromatic rings. The summed E-state index contributed by atoms with van der Waals surface area (Å²) >= 11 is 12.2. The number of benzene rings is 1. The SMILES string of the molecule is NC(=O)CN(Cc1cc(Cl)ccc1Cl)C1CCNCC1. The minimum absolute atomic E-state index is 0.244. The Labute approximate surface area is 129 Å². The van der Waals surface area contributed by atoms with Crippen LogP contribution in [-0.4, -0.2) is 36.5 Å². The number of nitrogens with two attached hydrogens (primary N) is 1. The molecule has 0 radical (unpaired) electrons. The summed E-state index contributed by atoms with van der Waals surface area (Å²) in [4.78, 5) is 13.4. The van der Waals surface area contributed by atoms with Crippen LogP contribution in [0, 0.1) is 0 Å². The first-order chi connectivity index (χ1) is 9.56. The van der Waals surface area contributed by atoms with Crippen LogP contribution in [0.4, 0.5) is 0 Å². The number of hydrogen-bond acceptors (Lipinski definition) is 3. The zero-order chi connectivity index (χ0) is 14.5. The summed E-state index contributed by atoms with van der Waals surface area (Å²) in [6, 6.07) is 5.73. The molecule has 0 saturated carbocycles. The Hall–Kier alpha value is -0.810. The fourth-order valence-corrected chi connectivity index (χ4v) is 2.94. The van der Waals surface area contributed by atoms with E-state index in [0.29, 0.717) is 22.6 Å². The minimum atomic E-state index is -0.318. The number of piperidine rings is 1. The maximum Gasteiger partial charge on any atom is 0.231 e. The normalized spacial score (nSPS) is 16.6. The van der Waals surface area contributed by atoms with Crippen LogP contribution in [0.5, 0.6) is 0 Å². The van der Waals surface area contributed by atoms with Gasteiger partial charge in [0.1, 0.15) is 0 Å². The summed E-state index contributed by atoms with van der Waals surface area (Å²) in [6.07, 6.45) is 2.01. The van der Waals surface area contributed by atoms with Crippen LogP contribution < -0.4 is 11.1 Å². The summed E-state index contributed by atoms with van der Waals surface area (Å²) in [5, 5.41) is 4.63. The molecule has 110 valence electrons. The highest BCUT2D eigenvalue weighted by Crippen LogP contribution is 2.24. The van der Waals surface area contributed by atoms with Crippen molar-refractivity contribution in [2.45, 2.75) is 25.4 Å². The third-order valence-corrected chi connectivity index (χ3v) is 4.17. The molecule has 1 heterocycles. The maximum atomic E-state index is 11.3. The molecule has 0 unspecified atom stereocenters. The fraction of sp³-hybridized carbons (Fsp3) is 0.500. The number of hydrogen-bond donors (Lipinski definition) is 2. The standard InChI is InChI=1S/C14H19Cl2N3O/c15-11-1-2-13(16)10(7-11)8-19(9-14(17)20)12-3-5-18-6-4-12/h1-2,7,12,18H,3-6,8-9H2,(H2,17,20). The predicted octanol–water partition coefficient (Wildman–Crippen LogP) is 2.03. The van der Waals surface area contributed by atoms with E-state index in [1.54, 1.807) is 12.1 Å². The molecule has 4 nitrogen and oxygen atoms in total. The van der Waals surface area contributed by atoms with E-state index in [1.807, 2.05) is 6.07 Å². The van der Waals surface area contributed by atoms with Crippen LogP contribution >= 0.6 is 23.2 Å². The first-order valence-corrected chi connectivity index (χ1v) is 7.49. The summed E-state index contributed by atoms with van der Waals surface area (Å²) in [5.41, 5.74) is 6.30. The predicted molar refractivity (Wildman–Crippen MR) is 82.0 cm³/mol. The van der Waals surface area contributed by atoms with Gasteiger partial charge in [-0.2, -0.15) is 0 Å². The molecule has 2 rings (SSSR count). The molecule has 1 aliphatic rings. The van der Waals surface area contributed by atoms with E-state index in [2.05, 4.69) is 10.2 Å². The molecule has 1 aliphatic heterocycles. The van der Waals surface area contributed by atoms with Gasteiger partial charge < -0.3 is 11.1 Å². The molecule has 0 aromatic heterocycles. The van der Waals surface area contributed by atoms with Gasteiger partial charge in [-0.1, -0.05) is 23.2 Å². The minimum Gasteiger partial charge on any atom is -0.369 e. The topological polar surface area (TPSA) is 58.4 Å². The zero-order valence-electron chi connectivity index (χ0n) is 11.2. The van der Waals surface area contributed by atoms with E-state index in [9.17, 15) is 4.79 Å². The summed E-state index contributed by atoms with van der Waals surface area (Å²) in [5.74, 6) is -0.318. The molecule has 1 saturated heterocycles. The molecule has 1 aromatic carbocycles. The fourth-order valence-electron chi connectivity index (χ4n) is 2.57. The maximum absolute atomic E-state index is 11.3. The Bertz CT molecular complexity index is 475. The smallest absolute Gasteiger partial charge is 0.231 e. The lowest BCUT2D eigenvalue weighted by Crippen LogP contribution is -2.46. The highest BCUT2D eigenvalue weighted by molar-refractivity contribution is 6.33. The second kappa shape index (κ2) is 7.27. The Morgan fingerprint density at radius 3 is 2.70 bits per heavy atom. The van der Waals surface area contributed by atoms with Crippen molar-refractivity contribution in [1.82, 2.24) is 10.2 Å². The highest BCUT2D eigenvalue weighted by atomic mass is 35.5. The number of carbonyl (C=O) groups excluding carboxylic acids is 1. The second-order valence-corrected chi connectivity index (χ2v) is 5.93. The molecule has 0 spiro atoms. The van der Waals surface area contributed by atoms with Gasteiger partial charge in [-0.05, 0) is 49.7 Å². The molecule has 6 heteroatoms. The number of amides is 1. The lowest BCUT2D eigenvalue weighted by Gasteiger charge is -2.34. The van der Waals surface area contributed by atoms with Crippen LogP contribution in [0.2, 0.25) is 10.0 Å². The van der Waals surface area contributed by atoms with Gasteiger partial charge in [0.15, 0.2) is 0 Å². The Kier molecular flexibility index (Phi) is 5.66. The molecular weight excluding hydrogens is 297 g/mol. The van der Waals surface area contributed by atoms with Crippen LogP contribution in [0.15, 0.2) is 18.2 Å². The number of rotatable bonds is 5. The van der Waals surface area contributed by atoms with Gasteiger partial charge in [0.25, 0.3) is 0 Å². The van der Waals surface area contributed by atoms with Crippen molar-refractivity contribution in [2.75, 3.05) is 19.6 Å². The van der Waals surface area contributed by atoms with E-state index in [0.717, 1.165) is 31.5 Å². The summed E-state index contributed by atoms with van der Waals surface area (Å²) in [7, 11) is 0. The molecule has 0 aliphatic carbocycles.